The minimum atomic E-state index is -0.382. The van der Waals surface area contributed by atoms with Crippen LogP contribution in [0.2, 0.25) is 0 Å². The number of amides is 1. The minimum absolute atomic E-state index is 0.0990. The van der Waals surface area contributed by atoms with E-state index in [0.29, 0.717) is 5.75 Å². The molecule has 0 bridgehead atoms. The topological polar surface area (TPSA) is 38.3 Å². The Kier molecular flexibility index (Phi) is 3.13. The van der Waals surface area contributed by atoms with Gasteiger partial charge in [0.15, 0.2) is 0 Å². The number of hydrogen-bond acceptors (Lipinski definition) is 2. The number of benzene rings is 1. The van der Waals surface area contributed by atoms with E-state index in [1.807, 2.05) is 26.0 Å². The average molecular weight is 219 g/mol. The van der Waals surface area contributed by atoms with Gasteiger partial charge < -0.3 is 10.1 Å². The maximum absolute atomic E-state index is 11.4. The van der Waals surface area contributed by atoms with E-state index in [9.17, 15) is 4.79 Å². The van der Waals surface area contributed by atoms with Gasteiger partial charge in [-0.15, -0.1) is 0 Å². The molecule has 0 saturated carbocycles. The molecular weight excluding hydrogens is 202 g/mol. The van der Waals surface area contributed by atoms with Gasteiger partial charge in [0.05, 0.1) is 0 Å². The van der Waals surface area contributed by atoms with Crippen LogP contribution in [0.5, 0.6) is 5.75 Å². The minimum Gasteiger partial charge on any atom is -0.410 e. The highest BCUT2D eigenvalue weighted by Crippen LogP contribution is 2.25. The van der Waals surface area contributed by atoms with E-state index in [1.54, 1.807) is 0 Å². The lowest BCUT2D eigenvalue weighted by Gasteiger charge is -2.09. The summed E-state index contributed by atoms with van der Waals surface area (Å²) in [5.41, 5.74) is 2.70. The number of carbonyl (C=O) groups is 1. The Bertz CT molecular complexity index is 399. The van der Waals surface area contributed by atoms with Crippen molar-refractivity contribution in [2.24, 2.45) is 0 Å². The zero-order valence-electron chi connectivity index (χ0n) is 9.75. The van der Waals surface area contributed by atoms with Crippen molar-refractivity contribution in [3.8, 4) is 5.75 Å². The SMILES string of the molecule is CC(C)NC(=O)Oc1ccc2c(c1)CCC2. The molecule has 0 saturated heterocycles. The average Bonchev–Trinajstić information content (AvgIpc) is 2.63. The van der Waals surface area contributed by atoms with Crippen LogP contribution < -0.4 is 10.1 Å². The Morgan fingerprint density at radius 3 is 2.81 bits per heavy atom. The van der Waals surface area contributed by atoms with Crippen molar-refractivity contribution < 1.29 is 9.53 Å². The molecule has 0 aromatic heterocycles. The summed E-state index contributed by atoms with van der Waals surface area (Å²) in [5.74, 6) is 0.638. The van der Waals surface area contributed by atoms with Crippen LogP contribution in [0.3, 0.4) is 0 Å². The number of rotatable bonds is 2. The summed E-state index contributed by atoms with van der Waals surface area (Å²) in [6.07, 6.45) is 3.07. The molecule has 0 unspecified atom stereocenters. The monoisotopic (exact) mass is 219 g/mol. The smallest absolute Gasteiger partial charge is 0.410 e. The van der Waals surface area contributed by atoms with Crippen LogP contribution in [0.1, 0.15) is 31.4 Å². The predicted molar refractivity (Wildman–Crippen MR) is 62.8 cm³/mol. The molecule has 1 aromatic carbocycles. The lowest BCUT2D eigenvalue weighted by Crippen LogP contribution is -2.32. The summed E-state index contributed by atoms with van der Waals surface area (Å²) in [7, 11) is 0. The van der Waals surface area contributed by atoms with Crippen LogP contribution in [0.4, 0.5) is 4.79 Å². The second-order valence-electron chi connectivity index (χ2n) is 4.47. The molecule has 1 aliphatic rings. The van der Waals surface area contributed by atoms with Gasteiger partial charge in [0, 0.05) is 6.04 Å². The Morgan fingerprint density at radius 2 is 2.06 bits per heavy atom. The van der Waals surface area contributed by atoms with Crippen LogP contribution in [0.15, 0.2) is 18.2 Å². The van der Waals surface area contributed by atoms with Gasteiger partial charge in [0.25, 0.3) is 0 Å². The highest BCUT2D eigenvalue weighted by molar-refractivity contribution is 5.70. The highest BCUT2D eigenvalue weighted by Gasteiger charge is 2.12. The molecule has 1 aromatic rings. The third-order valence-electron chi connectivity index (χ3n) is 2.69. The first kappa shape index (κ1) is 11.0. The third-order valence-corrected chi connectivity index (χ3v) is 2.69. The summed E-state index contributed by atoms with van der Waals surface area (Å²) < 4.78 is 5.20. The first-order chi connectivity index (χ1) is 7.65. The van der Waals surface area contributed by atoms with E-state index in [4.69, 9.17) is 4.74 Å². The normalized spacial score (nSPS) is 13.7. The van der Waals surface area contributed by atoms with E-state index >= 15 is 0 Å². The first-order valence-corrected chi connectivity index (χ1v) is 5.75. The van der Waals surface area contributed by atoms with Gasteiger partial charge in [-0.3, -0.25) is 0 Å². The molecule has 1 aliphatic carbocycles. The Morgan fingerprint density at radius 1 is 1.31 bits per heavy atom. The lowest BCUT2D eigenvalue weighted by atomic mass is 10.1. The maximum Gasteiger partial charge on any atom is 0.412 e. The summed E-state index contributed by atoms with van der Waals surface area (Å²) in [4.78, 5) is 11.4. The van der Waals surface area contributed by atoms with Crippen molar-refractivity contribution in [3.05, 3.63) is 29.3 Å². The maximum atomic E-state index is 11.4. The number of ether oxygens (including phenoxy) is 1. The number of fused-ring (bicyclic) bond motifs is 1. The van der Waals surface area contributed by atoms with E-state index in [-0.39, 0.29) is 12.1 Å². The van der Waals surface area contributed by atoms with E-state index in [0.717, 1.165) is 12.8 Å². The molecule has 0 radical (unpaired) electrons. The number of nitrogens with one attached hydrogen (secondary N) is 1. The van der Waals surface area contributed by atoms with Gasteiger partial charge >= 0.3 is 6.09 Å². The molecule has 0 atom stereocenters. The van der Waals surface area contributed by atoms with Crippen molar-refractivity contribution in [1.82, 2.24) is 5.32 Å². The third kappa shape index (κ3) is 2.54. The van der Waals surface area contributed by atoms with Crippen LogP contribution in [-0.4, -0.2) is 12.1 Å². The zero-order chi connectivity index (χ0) is 11.5. The Hall–Kier alpha value is -1.51. The molecule has 0 spiro atoms. The summed E-state index contributed by atoms with van der Waals surface area (Å²) >= 11 is 0. The van der Waals surface area contributed by atoms with Gasteiger partial charge in [-0.1, -0.05) is 6.07 Å². The molecule has 1 N–H and O–H groups in total. The molecular formula is C13H17NO2. The molecule has 1 amide bonds. The molecule has 2 rings (SSSR count). The van der Waals surface area contributed by atoms with Gasteiger partial charge in [-0.2, -0.15) is 0 Å². The molecule has 3 nitrogen and oxygen atoms in total. The van der Waals surface area contributed by atoms with Crippen molar-refractivity contribution in [2.45, 2.75) is 39.2 Å². The van der Waals surface area contributed by atoms with Gasteiger partial charge in [-0.05, 0) is 56.4 Å². The highest BCUT2D eigenvalue weighted by atomic mass is 16.6. The fourth-order valence-electron chi connectivity index (χ4n) is 1.98. The van der Waals surface area contributed by atoms with Crippen LogP contribution in [0, 0.1) is 0 Å². The van der Waals surface area contributed by atoms with Gasteiger partial charge in [0.2, 0.25) is 0 Å². The van der Waals surface area contributed by atoms with E-state index in [1.165, 1.54) is 17.5 Å². The summed E-state index contributed by atoms with van der Waals surface area (Å²) in [6, 6.07) is 5.99. The number of hydrogen-bond donors (Lipinski definition) is 1. The van der Waals surface area contributed by atoms with Crippen molar-refractivity contribution in [3.63, 3.8) is 0 Å². The summed E-state index contributed by atoms with van der Waals surface area (Å²) in [5, 5.41) is 2.70. The van der Waals surface area contributed by atoms with Crippen LogP contribution in [0.25, 0.3) is 0 Å². The number of aryl methyl sites for hydroxylation is 2. The van der Waals surface area contributed by atoms with E-state index < -0.39 is 0 Å². The van der Waals surface area contributed by atoms with Crippen LogP contribution in [-0.2, 0) is 12.8 Å². The molecule has 0 heterocycles. The fraction of sp³-hybridized carbons (Fsp3) is 0.462. The lowest BCUT2D eigenvalue weighted by molar-refractivity contribution is 0.197. The molecule has 0 fully saturated rings. The Labute approximate surface area is 95.8 Å². The van der Waals surface area contributed by atoms with E-state index in [2.05, 4.69) is 11.4 Å². The predicted octanol–water partition coefficient (Wildman–Crippen LogP) is 2.67. The standard InChI is InChI=1S/C13H17NO2/c1-9(2)14-13(15)16-12-7-6-10-4-3-5-11(10)8-12/h6-9H,3-5H2,1-2H3,(H,14,15). The quantitative estimate of drug-likeness (QED) is 0.830. The van der Waals surface area contributed by atoms with Gasteiger partial charge in [0.1, 0.15) is 5.75 Å². The van der Waals surface area contributed by atoms with Gasteiger partial charge in [-0.25, -0.2) is 4.79 Å². The first-order valence-electron chi connectivity index (χ1n) is 5.75. The second-order valence-corrected chi connectivity index (χ2v) is 4.47. The van der Waals surface area contributed by atoms with Crippen molar-refractivity contribution in [2.75, 3.05) is 0 Å². The fourth-order valence-corrected chi connectivity index (χ4v) is 1.98. The van der Waals surface area contributed by atoms with Crippen LogP contribution >= 0.6 is 0 Å². The molecule has 86 valence electrons. The second kappa shape index (κ2) is 4.56. The zero-order valence-corrected chi connectivity index (χ0v) is 9.75. The molecule has 16 heavy (non-hydrogen) atoms. The molecule has 3 heteroatoms. The number of carbonyl (C=O) groups excluding carboxylic acids is 1. The largest absolute Gasteiger partial charge is 0.412 e. The van der Waals surface area contributed by atoms with Crippen molar-refractivity contribution in [1.29, 1.82) is 0 Å². The summed E-state index contributed by atoms with van der Waals surface area (Å²) in [6.45, 7) is 3.81. The molecule has 0 aliphatic heterocycles. The van der Waals surface area contributed by atoms with Crippen molar-refractivity contribution >= 4 is 6.09 Å². The Balaban J connectivity index is 2.02.